The van der Waals surface area contributed by atoms with Crippen molar-refractivity contribution in [1.82, 2.24) is 15.2 Å². The fourth-order valence-corrected chi connectivity index (χ4v) is 3.23. The summed E-state index contributed by atoms with van der Waals surface area (Å²) < 4.78 is 19.9. The lowest BCUT2D eigenvalue weighted by atomic mass is 10.2. The Morgan fingerprint density at radius 1 is 1.44 bits per heavy atom. The van der Waals surface area contributed by atoms with E-state index in [1.54, 1.807) is 26.8 Å². The average Bonchev–Trinajstić information content (AvgIpc) is 2.84. The van der Waals surface area contributed by atoms with Crippen LogP contribution in [0.4, 0.5) is 9.18 Å². The third kappa shape index (κ3) is 5.66. The minimum atomic E-state index is -1.24. The van der Waals surface area contributed by atoms with E-state index < -0.39 is 29.8 Å². The molecule has 1 saturated heterocycles. The molecule has 138 valence electrons. The summed E-state index contributed by atoms with van der Waals surface area (Å²) in [5.74, 6) is -0.412. The van der Waals surface area contributed by atoms with Gasteiger partial charge in [-0.25, -0.2) is 9.18 Å². The molecule has 1 N–H and O–H groups in total. The summed E-state index contributed by atoms with van der Waals surface area (Å²) in [6, 6.07) is 2.78. The highest BCUT2D eigenvalue weighted by atomic mass is 79.9. The van der Waals surface area contributed by atoms with E-state index in [2.05, 4.69) is 26.2 Å². The van der Waals surface area contributed by atoms with Gasteiger partial charge in [0, 0.05) is 16.6 Å². The fraction of sp³-hybridized carbons (Fsp3) is 0.588. The topological polar surface area (TPSA) is 71.5 Å². The van der Waals surface area contributed by atoms with E-state index in [1.807, 2.05) is 13.0 Å². The second-order valence-electron chi connectivity index (χ2n) is 7.12. The zero-order valence-corrected chi connectivity index (χ0v) is 16.4. The number of pyridine rings is 1. The predicted octanol–water partition coefficient (Wildman–Crippen LogP) is 3.12. The molecule has 0 aliphatic carbocycles. The first-order valence-corrected chi connectivity index (χ1v) is 8.89. The van der Waals surface area contributed by atoms with E-state index in [1.165, 1.54) is 0 Å². The lowest BCUT2D eigenvalue weighted by molar-refractivity contribution is -0.125. The van der Waals surface area contributed by atoms with Crippen molar-refractivity contribution >= 4 is 27.9 Å². The molecule has 0 unspecified atom stereocenters. The first-order chi connectivity index (χ1) is 11.5. The standard InChI is InChI=1S/C17H23BrFN3O3/c1-10-5-11(18)6-13(21-10)8-20-15(23)14-7-12(19)9-22(14)16(24)25-17(2,3)4/h5-6,12,14H,7-9H2,1-4H3,(H,20,23)/t12-,14+/m1/s1. The zero-order valence-electron chi connectivity index (χ0n) is 14.8. The molecule has 25 heavy (non-hydrogen) atoms. The highest BCUT2D eigenvalue weighted by Gasteiger charge is 2.41. The summed E-state index contributed by atoms with van der Waals surface area (Å²) in [7, 11) is 0. The molecule has 8 heteroatoms. The molecule has 0 bridgehead atoms. The van der Waals surface area contributed by atoms with Crippen molar-refractivity contribution in [2.24, 2.45) is 0 Å². The smallest absolute Gasteiger partial charge is 0.411 e. The molecule has 1 aliphatic rings. The molecule has 1 aromatic rings. The molecule has 6 nitrogen and oxygen atoms in total. The third-order valence-corrected chi connectivity index (χ3v) is 4.05. The Kier molecular flexibility index (Phi) is 6.03. The summed E-state index contributed by atoms with van der Waals surface area (Å²) in [4.78, 5) is 30.2. The normalized spacial score (nSPS) is 20.5. The maximum atomic E-state index is 13.8. The van der Waals surface area contributed by atoms with Crippen LogP contribution in [0, 0.1) is 6.92 Å². The Hall–Kier alpha value is -1.70. The van der Waals surface area contributed by atoms with Gasteiger partial charge < -0.3 is 10.1 Å². The van der Waals surface area contributed by atoms with Gasteiger partial charge in [0.05, 0.1) is 18.8 Å². The van der Waals surface area contributed by atoms with Crippen LogP contribution in [-0.2, 0) is 16.1 Å². The molecule has 1 aromatic heterocycles. The molecule has 2 atom stereocenters. The Bertz CT molecular complexity index is 643. The zero-order chi connectivity index (χ0) is 18.8. The SMILES string of the molecule is Cc1cc(Br)cc(CNC(=O)[C@@H]2C[C@@H](F)CN2C(=O)OC(C)(C)C)n1. The molecular weight excluding hydrogens is 393 g/mol. The average molecular weight is 416 g/mol. The van der Waals surface area contributed by atoms with Gasteiger partial charge in [-0.15, -0.1) is 0 Å². The first-order valence-electron chi connectivity index (χ1n) is 8.09. The van der Waals surface area contributed by atoms with Crippen molar-refractivity contribution in [3.05, 3.63) is 28.0 Å². The van der Waals surface area contributed by atoms with E-state index in [4.69, 9.17) is 4.74 Å². The Morgan fingerprint density at radius 2 is 2.12 bits per heavy atom. The number of nitrogens with one attached hydrogen (secondary N) is 1. The molecule has 0 aromatic carbocycles. The van der Waals surface area contributed by atoms with Gasteiger partial charge in [0.25, 0.3) is 0 Å². The quantitative estimate of drug-likeness (QED) is 0.822. The number of alkyl halides is 1. The van der Waals surface area contributed by atoms with Crippen LogP contribution in [0.25, 0.3) is 0 Å². The van der Waals surface area contributed by atoms with E-state index in [9.17, 15) is 14.0 Å². The van der Waals surface area contributed by atoms with E-state index >= 15 is 0 Å². The van der Waals surface area contributed by atoms with Crippen LogP contribution in [0.1, 0.15) is 38.6 Å². The van der Waals surface area contributed by atoms with Gasteiger partial charge in [-0.1, -0.05) is 15.9 Å². The number of amides is 2. The fourth-order valence-electron chi connectivity index (χ4n) is 2.63. The Balaban J connectivity index is 2.02. The molecule has 2 amide bonds. The third-order valence-electron chi connectivity index (χ3n) is 3.60. The van der Waals surface area contributed by atoms with Gasteiger partial charge in [-0.3, -0.25) is 14.7 Å². The molecule has 0 spiro atoms. The van der Waals surface area contributed by atoms with Gasteiger partial charge in [-0.05, 0) is 39.8 Å². The van der Waals surface area contributed by atoms with Crippen LogP contribution >= 0.6 is 15.9 Å². The van der Waals surface area contributed by atoms with E-state index in [-0.39, 0.29) is 19.5 Å². The van der Waals surface area contributed by atoms with Crippen molar-refractivity contribution in [2.75, 3.05) is 6.54 Å². The van der Waals surface area contributed by atoms with Gasteiger partial charge >= 0.3 is 6.09 Å². The molecular formula is C17H23BrFN3O3. The van der Waals surface area contributed by atoms with Crippen LogP contribution in [0.5, 0.6) is 0 Å². The minimum absolute atomic E-state index is 0.0317. The van der Waals surface area contributed by atoms with E-state index in [0.717, 1.165) is 15.1 Å². The van der Waals surface area contributed by atoms with Crippen LogP contribution in [0.3, 0.4) is 0 Å². The number of likely N-dealkylation sites (tertiary alicyclic amines) is 1. The molecule has 0 saturated carbocycles. The van der Waals surface area contributed by atoms with Crippen LogP contribution < -0.4 is 5.32 Å². The van der Waals surface area contributed by atoms with Crippen molar-refractivity contribution in [2.45, 2.75) is 58.5 Å². The number of ether oxygens (including phenoxy) is 1. The van der Waals surface area contributed by atoms with Crippen molar-refractivity contribution in [3.63, 3.8) is 0 Å². The summed E-state index contributed by atoms with van der Waals surface area (Å²) in [6.07, 6.45) is -1.95. The van der Waals surface area contributed by atoms with E-state index in [0.29, 0.717) is 5.69 Å². The highest BCUT2D eigenvalue weighted by Crippen LogP contribution is 2.23. The number of aromatic nitrogens is 1. The largest absolute Gasteiger partial charge is 0.444 e. The maximum Gasteiger partial charge on any atom is 0.411 e. The van der Waals surface area contributed by atoms with Crippen LogP contribution in [0.15, 0.2) is 16.6 Å². The number of hydrogen-bond donors (Lipinski definition) is 1. The minimum Gasteiger partial charge on any atom is -0.444 e. The number of carbonyl (C=O) groups excluding carboxylic acids is 2. The Labute approximate surface area is 155 Å². The van der Waals surface area contributed by atoms with Gasteiger partial charge in [0.2, 0.25) is 5.91 Å². The number of rotatable bonds is 3. The Morgan fingerprint density at radius 3 is 2.72 bits per heavy atom. The van der Waals surface area contributed by atoms with Crippen molar-refractivity contribution in [3.8, 4) is 0 Å². The monoisotopic (exact) mass is 415 g/mol. The maximum absolute atomic E-state index is 13.8. The van der Waals surface area contributed by atoms with Crippen LogP contribution in [-0.4, -0.2) is 46.2 Å². The second-order valence-corrected chi connectivity index (χ2v) is 8.03. The molecule has 1 aliphatic heterocycles. The summed E-state index contributed by atoms with van der Waals surface area (Å²) >= 11 is 3.38. The molecule has 2 heterocycles. The summed E-state index contributed by atoms with van der Waals surface area (Å²) in [5.41, 5.74) is 0.794. The number of aryl methyl sites for hydroxylation is 1. The molecule has 1 fully saturated rings. The predicted molar refractivity (Wildman–Crippen MR) is 94.8 cm³/mol. The van der Waals surface area contributed by atoms with Gasteiger partial charge in [0.15, 0.2) is 0 Å². The molecule has 2 rings (SSSR count). The lowest BCUT2D eigenvalue weighted by Crippen LogP contribution is -2.47. The second kappa shape index (κ2) is 7.68. The number of hydrogen-bond acceptors (Lipinski definition) is 4. The van der Waals surface area contributed by atoms with Crippen molar-refractivity contribution < 1.29 is 18.7 Å². The number of halogens is 2. The summed E-state index contributed by atoms with van der Waals surface area (Å²) in [5, 5.41) is 2.73. The number of nitrogens with zero attached hydrogens (tertiary/aromatic N) is 2. The first kappa shape index (κ1) is 19.6. The van der Waals surface area contributed by atoms with Gasteiger partial charge in [-0.2, -0.15) is 0 Å². The lowest BCUT2D eigenvalue weighted by Gasteiger charge is -2.27. The van der Waals surface area contributed by atoms with Crippen LogP contribution in [0.2, 0.25) is 0 Å². The number of carbonyl (C=O) groups is 2. The van der Waals surface area contributed by atoms with Gasteiger partial charge in [0.1, 0.15) is 17.8 Å². The highest BCUT2D eigenvalue weighted by molar-refractivity contribution is 9.10. The molecule has 0 radical (unpaired) electrons. The van der Waals surface area contributed by atoms with Crippen molar-refractivity contribution in [1.29, 1.82) is 0 Å². The summed E-state index contributed by atoms with van der Waals surface area (Å²) in [6.45, 7) is 7.10.